The molecule has 1 N–H and O–H groups in total. The van der Waals surface area contributed by atoms with Gasteiger partial charge in [-0.1, -0.05) is 19.3 Å². The number of carbonyl (C=O) groups excluding carboxylic acids is 2. The second-order valence-corrected chi connectivity index (χ2v) is 6.60. The first-order valence-electron chi connectivity index (χ1n) is 7.47. The van der Waals surface area contributed by atoms with E-state index >= 15 is 0 Å². The van der Waals surface area contributed by atoms with Gasteiger partial charge in [-0.3, -0.25) is 14.9 Å². The van der Waals surface area contributed by atoms with Gasteiger partial charge >= 0.3 is 0 Å². The number of rotatable bonds is 4. The third-order valence-electron chi connectivity index (χ3n) is 3.86. The molecule has 116 valence electrons. The normalized spacial score (nSPS) is 15.7. The number of anilines is 1. The maximum atomic E-state index is 12.1. The minimum Gasteiger partial charge on any atom is -0.294 e. The van der Waals surface area contributed by atoms with Crippen LogP contribution in [0.1, 0.15) is 64.4 Å². The molecule has 2 aromatic heterocycles. The average Bonchev–Trinajstić information content (AvgIpc) is 3.17. The summed E-state index contributed by atoms with van der Waals surface area (Å²) in [7, 11) is 0. The van der Waals surface area contributed by atoms with Crippen molar-refractivity contribution < 1.29 is 9.59 Å². The third kappa shape index (κ3) is 3.24. The second kappa shape index (κ2) is 6.39. The Bertz CT molecular complexity index is 685. The van der Waals surface area contributed by atoms with Crippen LogP contribution in [0.2, 0.25) is 0 Å². The van der Waals surface area contributed by atoms with E-state index in [0.717, 1.165) is 12.8 Å². The van der Waals surface area contributed by atoms with Gasteiger partial charge in [-0.15, -0.1) is 16.4 Å². The van der Waals surface area contributed by atoms with Gasteiger partial charge in [0.2, 0.25) is 5.95 Å². The lowest BCUT2D eigenvalue weighted by atomic mass is 9.96. The van der Waals surface area contributed by atoms with E-state index in [1.165, 1.54) is 37.5 Å². The van der Waals surface area contributed by atoms with Crippen molar-refractivity contribution in [3.8, 4) is 0 Å². The number of amides is 1. The van der Waals surface area contributed by atoms with Crippen LogP contribution in [0, 0.1) is 0 Å². The number of thiophene rings is 1. The Morgan fingerprint density at radius 3 is 2.64 bits per heavy atom. The number of ketones is 1. The lowest BCUT2D eigenvalue weighted by Gasteiger charge is -2.20. The summed E-state index contributed by atoms with van der Waals surface area (Å²) in [4.78, 5) is 28.6. The molecule has 1 saturated carbocycles. The van der Waals surface area contributed by atoms with Crippen LogP contribution < -0.4 is 5.32 Å². The highest BCUT2D eigenvalue weighted by Crippen LogP contribution is 2.27. The van der Waals surface area contributed by atoms with Gasteiger partial charge in [-0.2, -0.15) is 0 Å². The summed E-state index contributed by atoms with van der Waals surface area (Å²) < 4.78 is 1.85. The molecule has 6 nitrogen and oxygen atoms in total. The molecule has 0 saturated heterocycles. The molecule has 0 aromatic carbocycles. The Balaban J connectivity index is 1.66. The second-order valence-electron chi connectivity index (χ2n) is 5.51. The molecule has 2 aromatic rings. The predicted octanol–water partition coefficient (Wildman–Crippen LogP) is 3.30. The summed E-state index contributed by atoms with van der Waals surface area (Å²) in [5.41, 5.74) is 0. The SMILES string of the molecule is CC(=O)c1ccc(C(=O)Nc2ncn(C3CCCCC3)n2)s1. The van der Waals surface area contributed by atoms with Gasteiger partial charge in [0.05, 0.1) is 15.8 Å². The lowest BCUT2D eigenvalue weighted by Crippen LogP contribution is -2.15. The topological polar surface area (TPSA) is 76.9 Å². The first-order valence-corrected chi connectivity index (χ1v) is 8.28. The predicted molar refractivity (Wildman–Crippen MR) is 84.4 cm³/mol. The summed E-state index contributed by atoms with van der Waals surface area (Å²) in [5.74, 6) is -0.00371. The van der Waals surface area contributed by atoms with Gasteiger partial charge in [0.15, 0.2) is 5.78 Å². The van der Waals surface area contributed by atoms with Crippen LogP contribution in [0.5, 0.6) is 0 Å². The molecular weight excluding hydrogens is 300 g/mol. The molecule has 1 aliphatic carbocycles. The molecule has 0 radical (unpaired) electrons. The van der Waals surface area contributed by atoms with Crippen LogP contribution in [0.3, 0.4) is 0 Å². The smallest absolute Gasteiger partial charge is 0.268 e. The van der Waals surface area contributed by atoms with Gasteiger partial charge < -0.3 is 0 Å². The fraction of sp³-hybridized carbons (Fsp3) is 0.467. The molecule has 1 amide bonds. The van der Waals surface area contributed by atoms with Crippen LogP contribution in [0.4, 0.5) is 5.95 Å². The van der Waals surface area contributed by atoms with E-state index < -0.39 is 0 Å². The molecule has 22 heavy (non-hydrogen) atoms. The van der Waals surface area contributed by atoms with Crippen molar-refractivity contribution in [2.45, 2.75) is 45.1 Å². The highest BCUT2D eigenvalue weighted by atomic mass is 32.1. The Kier molecular flexibility index (Phi) is 4.33. The van der Waals surface area contributed by atoms with Crippen molar-refractivity contribution in [3.05, 3.63) is 28.2 Å². The molecule has 1 aliphatic rings. The van der Waals surface area contributed by atoms with E-state index in [9.17, 15) is 9.59 Å². The maximum Gasteiger partial charge on any atom is 0.268 e. The molecule has 0 unspecified atom stereocenters. The van der Waals surface area contributed by atoms with Crippen LogP contribution in [-0.4, -0.2) is 26.5 Å². The standard InChI is InChI=1S/C15H18N4O2S/c1-10(20)12-7-8-13(22-12)14(21)17-15-16-9-19(18-15)11-5-3-2-4-6-11/h7-9,11H,2-6H2,1H3,(H,17,18,21). The first kappa shape index (κ1) is 14.9. The zero-order valence-electron chi connectivity index (χ0n) is 12.4. The van der Waals surface area contributed by atoms with Crippen molar-refractivity contribution in [2.24, 2.45) is 0 Å². The van der Waals surface area contributed by atoms with Crippen molar-refractivity contribution in [3.63, 3.8) is 0 Å². The van der Waals surface area contributed by atoms with Crippen LogP contribution in [0.25, 0.3) is 0 Å². The van der Waals surface area contributed by atoms with Crippen LogP contribution >= 0.6 is 11.3 Å². The Labute approximate surface area is 132 Å². The number of nitrogens with one attached hydrogen (secondary N) is 1. The highest BCUT2D eigenvalue weighted by Gasteiger charge is 2.18. The molecule has 2 heterocycles. The number of aromatic nitrogens is 3. The summed E-state index contributed by atoms with van der Waals surface area (Å²) in [5, 5.41) is 7.04. The molecule has 0 bridgehead atoms. The molecular formula is C15H18N4O2S. The quantitative estimate of drug-likeness (QED) is 0.877. The van der Waals surface area contributed by atoms with E-state index in [0.29, 0.717) is 21.7 Å². The minimum absolute atomic E-state index is 0.0382. The van der Waals surface area contributed by atoms with Crippen molar-refractivity contribution >= 4 is 29.0 Å². The van der Waals surface area contributed by atoms with Crippen molar-refractivity contribution in [1.82, 2.24) is 14.8 Å². The van der Waals surface area contributed by atoms with E-state index in [-0.39, 0.29) is 11.7 Å². The van der Waals surface area contributed by atoms with E-state index in [1.807, 2.05) is 4.68 Å². The number of Topliss-reactive ketones (excluding diaryl/α,β-unsaturated/α-hetero) is 1. The number of hydrogen-bond donors (Lipinski definition) is 1. The number of nitrogens with zero attached hydrogens (tertiary/aromatic N) is 3. The Hall–Kier alpha value is -2.02. The molecule has 0 atom stereocenters. The van der Waals surface area contributed by atoms with Crippen molar-refractivity contribution in [2.75, 3.05) is 5.32 Å². The molecule has 3 rings (SSSR count). The summed E-state index contributed by atoms with van der Waals surface area (Å²) in [6.45, 7) is 1.49. The fourth-order valence-corrected chi connectivity index (χ4v) is 3.46. The summed E-state index contributed by atoms with van der Waals surface area (Å²) >= 11 is 1.18. The van der Waals surface area contributed by atoms with Gasteiger partial charge in [0.1, 0.15) is 6.33 Å². The summed E-state index contributed by atoms with van der Waals surface area (Å²) in [6.07, 6.45) is 7.63. The average molecular weight is 318 g/mol. The minimum atomic E-state index is -0.279. The van der Waals surface area contributed by atoms with E-state index in [2.05, 4.69) is 15.4 Å². The lowest BCUT2D eigenvalue weighted by molar-refractivity contribution is 0.101. The largest absolute Gasteiger partial charge is 0.294 e. The third-order valence-corrected chi connectivity index (χ3v) is 5.04. The molecule has 1 fully saturated rings. The first-order chi connectivity index (χ1) is 10.6. The van der Waals surface area contributed by atoms with Crippen LogP contribution in [-0.2, 0) is 0 Å². The van der Waals surface area contributed by atoms with E-state index in [1.54, 1.807) is 18.5 Å². The van der Waals surface area contributed by atoms with Gasteiger partial charge in [0.25, 0.3) is 5.91 Å². The fourth-order valence-electron chi connectivity index (χ4n) is 2.67. The summed E-state index contributed by atoms with van der Waals surface area (Å²) in [6, 6.07) is 3.70. The molecule has 7 heteroatoms. The monoisotopic (exact) mass is 318 g/mol. The number of hydrogen-bond acceptors (Lipinski definition) is 5. The Morgan fingerprint density at radius 1 is 1.23 bits per heavy atom. The zero-order valence-corrected chi connectivity index (χ0v) is 13.2. The molecule has 0 aliphatic heterocycles. The number of carbonyl (C=O) groups is 2. The maximum absolute atomic E-state index is 12.1. The Morgan fingerprint density at radius 2 is 1.95 bits per heavy atom. The van der Waals surface area contributed by atoms with Gasteiger partial charge in [-0.25, -0.2) is 9.67 Å². The van der Waals surface area contributed by atoms with E-state index in [4.69, 9.17) is 0 Å². The van der Waals surface area contributed by atoms with Gasteiger partial charge in [-0.05, 0) is 31.9 Å². The highest BCUT2D eigenvalue weighted by molar-refractivity contribution is 7.16. The van der Waals surface area contributed by atoms with Crippen molar-refractivity contribution in [1.29, 1.82) is 0 Å². The molecule has 0 spiro atoms. The van der Waals surface area contributed by atoms with Crippen LogP contribution in [0.15, 0.2) is 18.5 Å². The van der Waals surface area contributed by atoms with Gasteiger partial charge in [0, 0.05) is 0 Å². The zero-order chi connectivity index (χ0) is 15.5.